The molecule has 0 heterocycles. The molecule has 6 heteroatoms. The highest BCUT2D eigenvalue weighted by molar-refractivity contribution is 9.10. The molecule has 19 heavy (non-hydrogen) atoms. The van der Waals surface area contributed by atoms with Crippen LogP contribution in [0, 0.1) is 0 Å². The lowest BCUT2D eigenvalue weighted by atomic mass is 10.2. The molecular formula is C13H11BrN2O2S. The minimum Gasteiger partial charge on any atom is -0.410 e. The molecule has 0 bridgehead atoms. The number of carbonyl (C=O) groups is 1. The van der Waals surface area contributed by atoms with E-state index in [1.54, 1.807) is 18.2 Å². The Balaban J connectivity index is 2.02. The summed E-state index contributed by atoms with van der Waals surface area (Å²) in [5.74, 6) is 5.49. The van der Waals surface area contributed by atoms with Gasteiger partial charge >= 0.3 is 0 Å². The smallest absolute Gasteiger partial charge is 0.261 e. The summed E-state index contributed by atoms with van der Waals surface area (Å²) in [7, 11) is 0. The number of rotatable bonds is 4. The van der Waals surface area contributed by atoms with E-state index in [-0.39, 0.29) is 5.91 Å². The van der Waals surface area contributed by atoms with Gasteiger partial charge in [0.25, 0.3) is 5.91 Å². The standard InChI is InChI=1S/C13H11BrN2O2S/c14-10-7-5-9(6-8-10)13(17)16-19-12-4-2-1-3-11(12)18-15/h1-8H,15H2,(H,16,17). The number of carbonyl (C=O) groups excluding carboxylic acids is 1. The third kappa shape index (κ3) is 3.73. The molecule has 2 aromatic rings. The van der Waals surface area contributed by atoms with Crippen molar-refractivity contribution in [2.45, 2.75) is 4.90 Å². The molecule has 0 aromatic heterocycles. The minimum atomic E-state index is -0.177. The fourth-order valence-corrected chi connectivity index (χ4v) is 2.34. The Morgan fingerprint density at radius 1 is 1.16 bits per heavy atom. The second-order valence-electron chi connectivity index (χ2n) is 3.60. The van der Waals surface area contributed by atoms with E-state index >= 15 is 0 Å². The van der Waals surface area contributed by atoms with Crippen molar-refractivity contribution in [1.82, 2.24) is 4.72 Å². The number of hydrogen-bond donors (Lipinski definition) is 2. The fourth-order valence-electron chi connectivity index (χ4n) is 1.39. The molecule has 0 aliphatic rings. The van der Waals surface area contributed by atoms with Gasteiger partial charge in [0.1, 0.15) is 0 Å². The summed E-state index contributed by atoms with van der Waals surface area (Å²) in [6, 6.07) is 14.3. The molecule has 0 saturated carbocycles. The van der Waals surface area contributed by atoms with E-state index in [9.17, 15) is 4.79 Å². The molecule has 0 unspecified atom stereocenters. The summed E-state index contributed by atoms with van der Waals surface area (Å²) < 4.78 is 3.67. The summed E-state index contributed by atoms with van der Waals surface area (Å²) in [5, 5.41) is 0. The van der Waals surface area contributed by atoms with Gasteiger partial charge in [-0.3, -0.25) is 9.52 Å². The zero-order chi connectivity index (χ0) is 13.7. The van der Waals surface area contributed by atoms with Gasteiger partial charge in [0.05, 0.1) is 4.90 Å². The van der Waals surface area contributed by atoms with Gasteiger partial charge in [-0.05, 0) is 48.3 Å². The molecule has 0 atom stereocenters. The van der Waals surface area contributed by atoms with Crippen molar-refractivity contribution in [3.05, 3.63) is 58.6 Å². The van der Waals surface area contributed by atoms with Crippen LogP contribution in [0.25, 0.3) is 0 Å². The zero-order valence-corrected chi connectivity index (χ0v) is 12.2. The summed E-state index contributed by atoms with van der Waals surface area (Å²) in [6.45, 7) is 0. The third-order valence-electron chi connectivity index (χ3n) is 2.34. The van der Waals surface area contributed by atoms with Gasteiger partial charge < -0.3 is 4.84 Å². The average molecular weight is 339 g/mol. The molecular weight excluding hydrogens is 328 g/mol. The number of para-hydroxylation sites is 1. The highest BCUT2D eigenvalue weighted by Crippen LogP contribution is 2.26. The Labute approximate surface area is 123 Å². The summed E-state index contributed by atoms with van der Waals surface area (Å²) in [4.78, 5) is 17.4. The predicted octanol–water partition coefficient (Wildman–Crippen LogP) is 3.14. The van der Waals surface area contributed by atoms with Crippen molar-refractivity contribution >= 4 is 33.8 Å². The van der Waals surface area contributed by atoms with E-state index in [0.717, 1.165) is 21.3 Å². The van der Waals surface area contributed by atoms with Crippen LogP contribution in [0.4, 0.5) is 0 Å². The summed E-state index contributed by atoms with van der Waals surface area (Å²) in [5.41, 5.74) is 0.585. The lowest BCUT2D eigenvalue weighted by Crippen LogP contribution is -2.16. The predicted molar refractivity (Wildman–Crippen MR) is 78.7 cm³/mol. The van der Waals surface area contributed by atoms with E-state index in [0.29, 0.717) is 11.3 Å². The lowest BCUT2D eigenvalue weighted by molar-refractivity contribution is 0.0984. The van der Waals surface area contributed by atoms with Crippen LogP contribution in [0.15, 0.2) is 57.9 Å². The SMILES string of the molecule is NOc1ccccc1SNC(=O)c1ccc(Br)cc1. The highest BCUT2D eigenvalue weighted by atomic mass is 79.9. The van der Waals surface area contributed by atoms with Crippen LogP contribution < -0.4 is 15.5 Å². The second kappa shape index (κ2) is 6.60. The van der Waals surface area contributed by atoms with Gasteiger partial charge in [-0.15, -0.1) is 0 Å². The molecule has 98 valence electrons. The first-order valence-corrected chi connectivity index (χ1v) is 7.00. The number of hydrogen-bond acceptors (Lipinski definition) is 4. The van der Waals surface area contributed by atoms with Crippen LogP contribution in [0.2, 0.25) is 0 Å². The second-order valence-corrected chi connectivity index (χ2v) is 5.37. The van der Waals surface area contributed by atoms with Crippen LogP contribution in [0.5, 0.6) is 5.75 Å². The molecule has 0 radical (unpaired) electrons. The first-order valence-electron chi connectivity index (χ1n) is 5.39. The van der Waals surface area contributed by atoms with E-state index in [4.69, 9.17) is 10.7 Å². The number of benzene rings is 2. The van der Waals surface area contributed by atoms with Crippen molar-refractivity contribution in [3.63, 3.8) is 0 Å². The maximum Gasteiger partial charge on any atom is 0.261 e. The van der Waals surface area contributed by atoms with Gasteiger partial charge in [-0.1, -0.05) is 28.1 Å². The van der Waals surface area contributed by atoms with Gasteiger partial charge in [0.2, 0.25) is 0 Å². The molecule has 0 fully saturated rings. The molecule has 0 aliphatic carbocycles. The number of nitrogens with two attached hydrogens (primary N) is 1. The molecule has 2 rings (SSSR count). The van der Waals surface area contributed by atoms with Crippen LogP contribution in [-0.2, 0) is 0 Å². The Kier molecular flexibility index (Phi) is 4.84. The van der Waals surface area contributed by atoms with Crippen molar-refractivity contribution in [1.29, 1.82) is 0 Å². The number of amides is 1. The van der Waals surface area contributed by atoms with Crippen LogP contribution >= 0.6 is 27.9 Å². The Morgan fingerprint density at radius 3 is 2.53 bits per heavy atom. The molecule has 0 aliphatic heterocycles. The van der Waals surface area contributed by atoms with Crippen molar-refractivity contribution in [3.8, 4) is 5.75 Å². The zero-order valence-electron chi connectivity index (χ0n) is 9.80. The topological polar surface area (TPSA) is 64.3 Å². The van der Waals surface area contributed by atoms with E-state index < -0.39 is 0 Å². The fraction of sp³-hybridized carbons (Fsp3) is 0. The first-order chi connectivity index (χ1) is 9.20. The molecule has 0 spiro atoms. The summed E-state index contributed by atoms with van der Waals surface area (Å²) in [6.07, 6.45) is 0. The largest absolute Gasteiger partial charge is 0.410 e. The normalized spacial score (nSPS) is 10.0. The van der Waals surface area contributed by atoms with Gasteiger partial charge in [0, 0.05) is 10.0 Å². The number of halogens is 1. The monoisotopic (exact) mass is 338 g/mol. The van der Waals surface area contributed by atoms with Gasteiger partial charge in [-0.2, -0.15) is 5.90 Å². The Hall–Kier alpha value is -1.50. The molecule has 4 nitrogen and oxygen atoms in total. The van der Waals surface area contributed by atoms with Crippen LogP contribution in [-0.4, -0.2) is 5.91 Å². The van der Waals surface area contributed by atoms with Crippen LogP contribution in [0.1, 0.15) is 10.4 Å². The first kappa shape index (κ1) is 13.9. The van der Waals surface area contributed by atoms with Crippen molar-refractivity contribution in [2.75, 3.05) is 0 Å². The van der Waals surface area contributed by atoms with Crippen molar-refractivity contribution < 1.29 is 9.63 Å². The summed E-state index contributed by atoms with van der Waals surface area (Å²) >= 11 is 4.48. The van der Waals surface area contributed by atoms with E-state index in [2.05, 4.69) is 20.7 Å². The average Bonchev–Trinajstić information content (AvgIpc) is 2.45. The maximum atomic E-state index is 11.9. The number of nitrogens with one attached hydrogen (secondary N) is 1. The Bertz CT molecular complexity index is 575. The highest BCUT2D eigenvalue weighted by Gasteiger charge is 2.08. The quantitative estimate of drug-likeness (QED) is 0.664. The maximum absolute atomic E-state index is 11.9. The molecule has 3 N–H and O–H groups in total. The molecule has 2 aromatic carbocycles. The van der Waals surface area contributed by atoms with Crippen molar-refractivity contribution in [2.24, 2.45) is 5.90 Å². The van der Waals surface area contributed by atoms with Crippen LogP contribution in [0.3, 0.4) is 0 Å². The van der Waals surface area contributed by atoms with Gasteiger partial charge in [0.15, 0.2) is 5.75 Å². The Morgan fingerprint density at radius 2 is 1.84 bits per heavy atom. The molecule has 1 amide bonds. The van der Waals surface area contributed by atoms with E-state index in [1.165, 1.54) is 0 Å². The van der Waals surface area contributed by atoms with E-state index in [1.807, 2.05) is 30.3 Å². The molecule has 0 saturated heterocycles. The third-order valence-corrected chi connectivity index (χ3v) is 3.71. The minimum absolute atomic E-state index is 0.177. The van der Waals surface area contributed by atoms with Gasteiger partial charge in [-0.25, -0.2) is 0 Å². The lowest BCUT2D eigenvalue weighted by Gasteiger charge is -2.07.